The van der Waals surface area contributed by atoms with Crippen LogP contribution in [0.5, 0.6) is 0 Å². The van der Waals surface area contributed by atoms with Crippen LogP contribution in [0.3, 0.4) is 0 Å². The molecule has 1 rings (SSSR count). The Bertz CT molecular complexity index is 591. The molecule has 0 bridgehead atoms. The molecule has 17 heavy (non-hydrogen) atoms. The van der Waals surface area contributed by atoms with Crippen molar-refractivity contribution in [2.24, 2.45) is 0 Å². The maximum absolute atomic E-state index is 11.7. The van der Waals surface area contributed by atoms with E-state index >= 15 is 0 Å². The molecular weight excluding hydrogens is 268 g/mol. The molecule has 0 saturated heterocycles. The first-order chi connectivity index (χ1) is 7.63. The Morgan fingerprint density at radius 2 is 1.65 bits per heavy atom. The van der Waals surface area contributed by atoms with Crippen molar-refractivity contribution in [2.75, 3.05) is 5.73 Å². The van der Waals surface area contributed by atoms with Crippen LogP contribution in [0, 0.1) is 0 Å². The molecule has 0 saturated carbocycles. The molecule has 0 aliphatic heterocycles. The van der Waals surface area contributed by atoms with Gasteiger partial charge in [-0.3, -0.25) is 4.55 Å². The van der Waals surface area contributed by atoms with Crippen molar-refractivity contribution in [2.45, 2.75) is 17.2 Å². The molecule has 1 unspecified atom stereocenters. The Kier molecular flexibility index (Phi) is 3.77. The number of rotatable bonds is 4. The second kappa shape index (κ2) is 4.61. The third kappa shape index (κ3) is 3.66. The van der Waals surface area contributed by atoms with E-state index in [1.807, 2.05) is 4.72 Å². The molecule has 9 heteroatoms. The van der Waals surface area contributed by atoms with Crippen molar-refractivity contribution in [3.8, 4) is 0 Å². The number of anilines is 1. The summed E-state index contributed by atoms with van der Waals surface area (Å²) in [6.45, 7) is 1.02. The topological polar surface area (TPSA) is 127 Å². The molecule has 1 aromatic carbocycles. The lowest BCUT2D eigenvalue weighted by molar-refractivity contribution is 0.464. The Morgan fingerprint density at radius 1 is 1.18 bits per heavy atom. The number of nitrogens with one attached hydrogen (secondary N) is 1. The van der Waals surface area contributed by atoms with Crippen molar-refractivity contribution in [3.05, 3.63) is 24.3 Å². The van der Waals surface area contributed by atoms with E-state index in [0.717, 1.165) is 6.92 Å². The molecule has 0 heterocycles. The molecule has 96 valence electrons. The zero-order chi connectivity index (χ0) is 13.3. The summed E-state index contributed by atoms with van der Waals surface area (Å²) in [7, 11) is -8.47. The van der Waals surface area contributed by atoms with Crippen LogP contribution in [-0.4, -0.2) is 26.8 Å². The van der Waals surface area contributed by atoms with Gasteiger partial charge in [-0.15, -0.1) is 0 Å². The molecule has 7 nitrogen and oxygen atoms in total. The molecule has 0 aliphatic carbocycles. The third-order valence-electron chi connectivity index (χ3n) is 1.96. The average molecular weight is 280 g/mol. The molecule has 1 aromatic rings. The Balaban J connectivity index is 3.02. The van der Waals surface area contributed by atoms with Crippen LogP contribution in [-0.2, 0) is 20.1 Å². The van der Waals surface area contributed by atoms with Gasteiger partial charge in [-0.05, 0) is 31.2 Å². The van der Waals surface area contributed by atoms with E-state index in [1.54, 1.807) is 0 Å². The molecule has 0 aromatic heterocycles. The first kappa shape index (κ1) is 13.9. The largest absolute Gasteiger partial charge is 0.399 e. The van der Waals surface area contributed by atoms with Crippen molar-refractivity contribution in [1.82, 2.24) is 4.72 Å². The fourth-order valence-electron chi connectivity index (χ4n) is 0.994. The molecular formula is C8H12N2O5S2. The number of benzene rings is 1. The Labute approximate surface area is 99.4 Å². The van der Waals surface area contributed by atoms with Crippen LogP contribution in [0.2, 0.25) is 0 Å². The van der Waals surface area contributed by atoms with E-state index in [0.29, 0.717) is 5.69 Å². The SMILES string of the molecule is CC(NS(=O)(=O)c1ccc(N)cc1)S(=O)(=O)O. The molecule has 0 spiro atoms. The minimum absolute atomic E-state index is 0.137. The van der Waals surface area contributed by atoms with E-state index < -0.39 is 25.5 Å². The van der Waals surface area contributed by atoms with Gasteiger partial charge in [0.1, 0.15) is 5.37 Å². The molecule has 4 N–H and O–H groups in total. The van der Waals surface area contributed by atoms with Gasteiger partial charge in [-0.25, -0.2) is 8.42 Å². The molecule has 0 aliphatic rings. The molecule has 0 amide bonds. The number of hydrogen-bond acceptors (Lipinski definition) is 5. The van der Waals surface area contributed by atoms with Gasteiger partial charge in [0, 0.05) is 5.69 Å². The first-order valence-corrected chi connectivity index (χ1v) is 7.46. The van der Waals surface area contributed by atoms with Gasteiger partial charge >= 0.3 is 0 Å². The predicted molar refractivity (Wildman–Crippen MR) is 62.2 cm³/mol. The van der Waals surface area contributed by atoms with Gasteiger partial charge in [-0.2, -0.15) is 13.1 Å². The third-order valence-corrected chi connectivity index (χ3v) is 4.68. The summed E-state index contributed by atoms with van der Waals surface area (Å²) in [6, 6.07) is 5.20. The lowest BCUT2D eigenvalue weighted by atomic mass is 10.3. The van der Waals surface area contributed by atoms with E-state index in [2.05, 4.69) is 0 Å². The van der Waals surface area contributed by atoms with E-state index in [-0.39, 0.29) is 4.90 Å². The highest BCUT2D eigenvalue weighted by molar-refractivity contribution is 7.91. The average Bonchev–Trinajstić information content (AvgIpc) is 2.16. The van der Waals surface area contributed by atoms with Crippen molar-refractivity contribution in [3.63, 3.8) is 0 Å². The second-order valence-corrected chi connectivity index (χ2v) is 6.80. The normalized spacial score (nSPS) is 14.5. The summed E-state index contributed by atoms with van der Waals surface area (Å²) >= 11 is 0. The van der Waals surface area contributed by atoms with Crippen LogP contribution in [0.1, 0.15) is 6.92 Å². The summed E-state index contributed by atoms with van der Waals surface area (Å²) in [5.74, 6) is 0. The zero-order valence-electron chi connectivity index (χ0n) is 8.86. The van der Waals surface area contributed by atoms with Gasteiger partial charge in [0.25, 0.3) is 10.1 Å². The smallest absolute Gasteiger partial charge is 0.281 e. The van der Waals surface area contributed by atoms with Gasteiger partial charge < -0.3 is 5.73 Å². The van der Waals surface area contributed by atoms with E-state index in [9.17, 15) is 16.8 Å². The first-order valence-electron chi connectivity index (χ1n) is 4.47. The van der Waals surface area contributed by atoms with Crippen LogP contribution in [0.4, 0.5) is 5.69 Å². The van der Waals surface area contributed by atoms with Crippen LogP contribution >= 0.6 is 0 Å². The lowest BCUT2D eigenvalue weighted by Crippen LogP contribution is -2.38. The zero-order valence-corrected chi connectivity index (χ0v) is 10.5. The van der Waals surface area contributed by atoms with Gasteiger partial charge in [0.15, 0.2) is 0 Å². The van der Waals surface area contributed by atoms with Gasteiger partial charge in [-0.1, -0.05) is 0 Å². The highest BCUT2D eigenvalue weighted by Crippen LogP contribution is 2.12. The predicted octanol–water partition coefficient (Wildman–Crippen LogP) is -0.219. The second-order valence-electron chi connectivity index (χ2n) is 3.35. The maximum atomic E-state index is 11.7. The summed E-state index contributed by atoms with van der Waals surface area (Å²) in [6.07, 6.45) is 0. The van der Waals surface area contributed by atoms with Crippen LogP contribution in [0.15, 0.2) is 29.2 Å². The summed E-state index contributed by atoms with van der Waals surface area (Å²) in [5.41, 5.74) is 5.77. The fraction of sp³-hybridized carbons (Fsp3) is 0.250. The van der Waals surface area contributed by atoms with E-state index in [1.165, 1.54) is 24.3 Å². The standard InChI is InChI=1S/C8H12N2O5S2/c1-6(17(13,14)15)10-16(11,12)8-4-2-7(9)3-5-8/h2-6,10H,9H2,1H3,(H,13,14,15). The number of nitrogen functional groups attached to an aromatic ring is 1. The quantitative estimate of drug-likeness (QED) is 0.517. The van der Waals surface area contributed by atoms with Gasteiger partial charge in [0.2, 0.25) is 10.0 Å². The van der Waals surface area contributed by atoms with E-state index in [4.69, 9.17) is 10.3 Å². The molecule has 1 atom stereocenters. The highest BCUT2D eigenvalue weighted by atomic mass is 32.2. The molecule has 0 fully saturated rings. The number of nitrogens with two attached hydrogens (primary N) is 1. The molecule has 0 radical (unpaired) electrons. The Hall–Kier alpha value is -1.16. The minimum atomic E-state index is -4.47. The summed E-state index contributed by atoms with van der Waals surface area (Å²) in [5, 5.41) is -1.62. The van der Waals surface area contributed by atoms with Gasteiger partial charge in [0.05, 0.1) is 4.90 Å². The van der Waals surface area contributed by atoms with Crippen LogP contribution in [0.25, 0.3) is 0 Å². The number of hydrogen-bond donors (Lipinski definition) is 3. The van der Waals surface area contributed by atoms with Crippen molar-refractivity contribution < 1.29 is 21.4 Å². The minimum Gasteiger partial charge on any atom is -0.399 e. The maximum Gasteiger partial charge on any atom is 0.281 e. The number of sulfonamides is 1. The van der Waals surface area contributed by atoms with Crippen molar-refractivity contribution >= 4 is 25.8 Å². The summed E-state index contributed by atoms with van der Waals surface area (Å²) in [4.78, 5) is -0.137. The highest BCUT2D eigenvalue weighted by Gasteiger charge is 2.24. The monoisotopic (exact) mass is 280 g/mol. The fourth-order valence-corrected chi connectivity index (χ4v) is 2.93. The van der Waals surface area contributed by atoms with Crippen molar-refractivity contribution in [1.29, 1.82) is 0 Å². The van der Waals surface area contributed by atoms with Crippen LogP contribution < -0.4 is 10.5 Å². The lowest BCUT2D eigenvalue weighted by Gasteiger charge is -2.11. The Morgan fingerprint density at radius 3 is 2.06 bits per heavy atom. The summed E-state index contributed by atoms with van der Waals surface area (Å²) < 4.78 is 55.2.